The highest BCUT2D eigenvalue weighted by atomic mass is 32.1. The fourth-order valence-corrected chi connectivity index (χ4v) is 2.94. The van der Waals surface area contributed by atoms with Crippen LogP contribution in [0, 0.1) is 0 Å². The van der Waals surface area contributed by atoms with Crippen LogP contribution in [0.1, 0.15) is 28.7 Å². The molecule has 0 saturated carbocycles. The summed E-state index contributed by atoms with van der Waals surface area (Å²) in [5, 5.41) is 11.2. The molecule has 0 unspecified atom stereocenters. The van der Waals surface area contributed by atoms with Crippen LogP contribution >= 0.6 is 11.5 Å². The molecule has 3 aromatic rings. The van der Waals surface area contributed by atoms with E-state index in [0.717, 1.165) is 41.2 Å². The monoisotopic (exact) mass is 342 g/mol. The molecule has 0 aliphatic carbocycles. The Balaban J connectivity index is 1.54. The summed E-state index contributed by atoms with van der Waals surface area (Å²) >= 11 is 1.14. The largest absolute Gasteiger partial charge is 0.349 e. The normalized spacial score (nSPS) is 10.7. The Morgan fingerprint density at radius 1 is 1.33 bits per heavy atom. The number of amides is 1. The van der Waals surface area contributed by atoms with Gasteiger partial charge >= 0.3 is 0 Å². The van der Waals surface area contributed by atoms with Gasteiger partial charge in [-0.15, -0.1) is 5.10 Å². The summed E-state index contributed by atoms with van der Waals surface area (Å²) in [6, 6.07) is 3.88. The fourth-order valence-electron chi connectivity index (χ4n) is 2.31. The van der Waals surface area contributed by atoms with Gasteiger partial charge in [0.1, 0.15) is 4.88 Å². The third kappa shape index (κ3) is 3.83. The first kappa shape index (κ1) is 16.3. The van der Waals surface area contributed by atoms with Crippen LogP contribution < -0.4 is 5.32 Å². The van der Waals surface area contributed by atoms with E-state index in [1.807, 2.05) is 18.3 Å². The number of hydrogen-bond acceptors (Lipinski definition) is 6. The van der Waals surface area contributed by atoms with Crippen molar-refractivity contribution in [3.05, 3.63) is 47.5 Å². The van der Waals surface area contributed by atoms with Crippen LogP contribution in [0.5, 0.6) is 0 Å². The first-order valence-corrected chi connectivity index (χ1v) is 8.57. The zero-order valence-electron chi connectivity index (χ0n) is 13.3. The van der Waals surface area contributed by atoms with Crippen molar-refractivity contribution >= 4 is 17.4 Å². The van der Waals surface area contributed by atoms with Gasteiger partial charge in [-0.25, -0.2) is 0 Å². The molecule has 0 fully saturated rings. The maximum absolute atomic E-state index is 12.2. The predicted octanol–water partition coefficient (Wildman–Crippen LogP) is 2.18. The lowest BCUT2D eigenvalue weighted by molar-refractivity contribution is 0.0955. The van der Waals surface area contributed by atoms with E-state index < -0.39 is 0 Å². The SMILES string of the molecule is CCCc1nnsc1C(=O)NCCn1cc(-c2cccnc2)cn1. The van der Waals surface area contributed by atoms with E-state index in [1.165, 1.54) is 0 Å². The van der Waals surface area contributed by atoms with Crippen LogP contribution in [0.2, 0.25) is 0 Å². The number of carbonyl (C=O) groups is 1. The lowest BCUT2D eigenvalue weighted by Gasteiger charge is -2.04. The van der Waals surface area contributed by atoms with Crippen molar-refractivity contribution in [2.45, 2.75) is 26.3 Å². The number of aromatic nitrogens is 5. The lowest BCUT2D eigenvalue weighted by atomic mass is 10.2. The molecule has 3 rings (SSSR count). The van der Waals surface area contributed by atoms with Crippen molar-refractivity contribution in [2.24, 2.45) is 0 Å². The molecule has 124 valence electrons. The molecule has 3 aromatic heterocycles. The molecule has 3 heterocycles. The summed E-state index contributed by atoms with van der Waals surface area (Å²) in [7, 11) is 0. The van der Waals surface area contributed by atoms with Gasteiger partial charge in [-0.1, -0.05) is 23.9 Å². The second kappa shape index (κ2) is 7.78. The van der Waals surface area contributed by atoms with Crippen LogP contribution in [-0.4, -0.2) is 36.8 Å². The van der Waals surface area contributed by atoms with E-state index in [2.05, 4.69) is 31.9 Å². The molecule has 8 heteroatoms. The van der Waals surface area contributed by atoms with E-state index in [1.54, 1.807) is 23.3 Å². The second-order valence-corrected chi connectivity index (χ2v) is 6.04. The maximum Gasteiger partial charge on any atom is 0.265 e. The van der Waals surface area contributed by atoms with E-state index in [-0.39, 0.29) is 5.91 Å². The minimum atomic E-state index is -0.118. The van der Waals surface area contributed by atoms with Gasteiger partial charge in [0.05, 0.1) is 18.4 Å². The number of nitrogens with one attached hydrogen (secondary N) is 1. The van der Waals surface area contributed by atoms with Gasteiger partial charge in [-0.2, -0.15) is 5.10 Å². The van der Waals surface area contributed by atoms with E-state index in [0.29, 0.717) is 18.0 Å². The summed E-state index contributed by atoms with van der Waals surface area (Å²) < 4.78 is 5.68. The molecule has 7 nitrogen and oxygen atoms in total. The van der Waals surface area contributed by atoms with Crippen molar-refractivity contribution in [3.63, 3.8) is 0 Å². The molecular formula is C16H18N6OS. The molecule has 0 aliphatic rings. The average Bonchev–Trinajstić information content (AvgIpc) is 3.25. The van der Waals surface area contributed by atoms with Gasteiger partial charge in [0.25, 0.3) is 5.91 Å². The van der Waals surface area contributed by atoms with Gasteiger partial charge < -0.3 is 5.32 Å². The summed E-state index contributed by atoms with van der Waals surface area (Å²) in [6.07, 6.45) is 8.99. The van der Waals surface area contributed by atoms with E-state index in [9.17, 15) is 4.79 Å². The van der Waals surface area contributed by atoms with Crippen molar-refractivity contribution in [1.82, 2.24) is 29.7 Å². The van der Waals surface area contributed by atoms with Gasteiger partial charge in [-0.05, 0) is 24.0 Å². The molecule has 0 aromatic carbocycles. The van der Waals surface area contributed by atoms with E-state index >= 15 is 0 Å². The Labute approximate surface area is 143 Å². The second-order valence-electron chi connectivity index (χ2n) is 5.29. The standard InChI is InChI=1S/C16H18N6OS/c1-2-4-14-15(24-21-20-14)16(23)18-7-8-22-11-13(10-19-22)12-5-3-6-17-9-12/h3,5-6,9-11H,2,4,7-8H2,1H3,(H,18,23). The van der Waals surface area contributed by atoms with Crippen LogP contribution in [0.15, 0.2) is 36.9 Å². The van der Waals surface area contributed by atoms with Crippen molar-refractivity contribution in [3.8, 4) is 11.1 Å². The average molecular weight is 342 g/mol. The predicted molar refractivity (Wildman–Crippen MR) is 91.7 cm³/mol. The maximum atomic E-state index is 12.2. The molecule has 0 spiro atoms. The Morgan fingerprint density at radius 3 is 3.04 bits per heavy atom. The zero-order chi connectivity index (χ0) is 16.8. The minimum absolute atomic E-state index is 0.118. The van der Waals surface area contributed by atoms with Gasteiger partial charge in [0.2, 0.25) is 0 Å². The topological polar surface area (TPSA) is 85.6 Å². The highest BCUT2D eigenvalue weighted by molar-refractivity contribution is 7.08. The van der Waals surface area contributed by atoms with Crippen LogP contribution in [0.25, 0.3) is 11.1 Å². The zero-order valence-corrected chi connectivity index (χ0v) is 14.2. The summed E-state index contributed by atoms with van der Waals surface area (Å²) in [6.45, 7) is 3.15. The quantitative estimate of drug-likeness (QED) is 0.711. The van der Waals surface area contributed by atoms with Crippen molar-refractivity contribution < 1.29 is 4.79 Å². The molecule has 1 N–H and O–H groups in total. The number of pyridine rings is 1. The third-order valence-corrected chi connectivity index (χ3v) is 4.27. The Hall–Kier alpha value is -2.61. The summed E-state index contributed by atoms with van der Waals surface area (Å²) in [5.41, 5.74) is 2.80. The number of aryl methyl sites for hydroxylation is 1. The van der Waals surface area contributed by atoms with Gasteiger partial charge in [0.15, 0.2) is 0 Å². The summed E-state index contributed by atoms with van der Waals surface area (Å²) in [5.74, 6) is -0.118. The van der Waals surface area contributed by atoms with Crippen LogP contribution in [-0.2, 0) is 13.0 Å². The van der Waals surface area contributed by atoms with Crippen LogP contribution in [0.4, 0.5) is 0 Å². The Kier molecular flexibility index (Phi) is 5.27. The van der Waals surface area contributed by atoms with Crippen LogP contribution in [0.3, 0.4) is 0 Å². The number of hydrogen-bond donors (Lipinski definition) is 1. The molecule has 0 atom stereocenters. The highest BCUT2D eigenvalue weighted by Gasteiger charge is 2.15. The number of rotatable bonds is 7. The number of carbonyl (C=O) groups excluding carboxylic acids is 1. The van der Waals surface area contributed by atoms with E-state index in [4.69, 9.17) is 0 Å². The molecular weight excluding hydrogens is 324 g/mol. The third-order valence-electron chi connectivity index (χ3n) is 3.50. The van der Waals surface area contributed by atoms with Gasteiger partial charge in [0, 0.05) is 36.3 Å². The molecule has 24 heavy (non-hydrogen) atoms. The van der Waals surface area contributed by atoms with Crippen molar-refractivity contribution in [1.29, 1.82) is 0 Å². The fraction of sp³-hybridized carbons (Fsp3) is 0.312. The minimum Gasteiger partial charge on any atom is -0.349 e. The lowest BCUT2D eigenvalue weighted by Crippen LogP contribution is -2.27. The highest BCUT2D eigenvalue weighted by Crippen LogP contribution is 2.16. The Bertz CT molecular complexity index is 798. The molecule has 0 radical (unpaired) electrons. The first-order chi connectivity index (χ1) is 11.8. The Morgan fingerprint density at radius 2 is 2.25 bits per heavy atom. The molecule has 1 amide bonds. The molecule has 0 aliphatic heterocycles. The number of nitrogens with zero attached hydrogens (tertiary/aromatic N) is 5. The van der Waals surface area contributed by atoms with Gasteiger partial charge in [-0.3, -0.25) is 14.5 Å². The van der Waals surface area contributed by atoms with Crippen molar-refractivity contribution in [2.75, 3.05) is 6.54 Å². The molecule has 0 saturated heterocycles. The molecule has 0 bridgehead atoms. The smallest absolute Gasteiger partial charge is 0.265 e. The first-order valence-electron chi connectivity index (χ1n) is 7.80. The summed E-state index contributed by atoms with van der Waals surface area (Å²) in [4.78, 5) is 16.9.